The number of fused-ring (bicyclic) bond motifs is 1. The molecule has 37 heavy (non-hydrogen) atoms. The summed E-state index contributed by atoms with van der Waals surface area (Å²) in [5.41, 5.74) is 3.08. The lowest BCUT2D eigenvalue weighted by atomic mass is 9.92. The topological polar surface area (TPSA) is 181 Å². The summed E-state index contributed by atoms with van der Waals surface area (Å²) >= 11 is 0. The lowest BCUT2D eigenvalue weighted by molar-refractivity contribution is -0.181. The Morgan fingerprint density at radius 2 is 1.78 bits per heavy atom. The van der Waals surface area contributed by atoms with Crippen molar-refractivity contribution in [2.75, 3.05) is 25.9 Å². The molecule has 202 valence electrons. The lowest BCUT2D eigenvalue weighted by Gasteiger charge is -2.25. The van der Waals surface area contributed by atoms with Crippen LogP contribution in [0.4, 0.5) is 5.82 Å². The molecule has 0 amide bonds. The summed E-state index contributed by atoms with van der Waals surface area (Å²) in [5, 5.41) is 25.6. The highest BCUT2D eigenvalue weighted by molar-refractivity contribution is 5.75. The summed E-state index contributed by atoms with van der Waals surface area (Å²) in [5.74, 6) is -0.812. The third kappa shape index (κ3) is 5.83. The Hall–Kier alpha value is -3.31. The molecule has 13 heteroatoms. The maximum absolute atomic E-state index is 12.2. The van der Waals surface area contributed by atoms with E-state index < -0.39 is 53.5 Å². The van der Waals surface area contributed by atoms with Gasteiger partial charge < -0.3 is 34.5 Å². The first kappa shape index (κ1) is 28.3. The fourth-order valence-corrected chi connectivity index (χ4v) is 3.59. The van der Waals surface area contributed by atoms with E-state index in [0.29, 0.717) is 5.52 Å². The molecule has 2 aromatic rings. The van der Waals surface area contributed by atoms with Gasteiger partial charge in [-0.1, -0.05) is 0 Å². The van der Waals surface area contributed by atoms with Crippen LogP contribution in [0.1, 0.15) is 47.2 Å². The zero-order valence-electron chi connectivity index (χ0n) is 21.8. The Bertz CT molecular complexity index is 1180. The third-order valence-corrected chi connectivity index (χ3v) is 5.69. The molecule has 2 aromatic heterocycles. The van der Waals surface area contributed by atoms with Crippen molar-refractivity contribution in [3.8, 4) is 6.07 Å². The molecule has 4 atom stereocenters. The normalized spacial score (nSPS) is 24.1. The third-order valence-electron chi connectivity index (χ3n) is 5.69. The first-order chi connectivity index (χ1) is 17.2. The predicted molar refractivity (Wildman–Crippen MR) is 127 cm³/mol. The summed E-state index contributed by atoms with van der Waals surface area (Å²) in [6, 6.07) is 5.16. The van der Waals surface area contributed by atoms with Gasteiger partial charge >= 0.3 is 11.9 Å². The summed E-state index contributed by atoms with van der Waals surface area (Å²) in [6.45, 7) is 9.07. The van der Waals surface area contributed by atoms with E-state index in [0.717, 1.165) is 0 Å². The van der Waals surface area contributed by atoms with E-state index in [2.05, 4.69) is 10.1 Å². The van der Waals surface area contributed by atoms with Crippen LogP contribution in [-0.2, 0) is 38.9 Å². The van der Waals surface area contributed by atoms with Gasteiger partial charge in [0.15, 0.2) is 19.4 Å². The second kappa shape index (κ2) is 10.6. The maximum Gasteiger partial charge on any atom is 0.313 e. The van der Waals surface area contributed by atoms with E-state index >= 15 is 0 Å². The zero-order valence-corrected chi connectivity index (χ0v) is 21.8. The molecule has 3 heterocycles. The molecule has 3 N–H and O–H groups in total. The molecule has 0 saturated carbocycles. The van der Waals surface area contributed by atoms with Crippen molar-refractivity contribution in [3.63, 3.8) is 0 Å². The number of nitrogens with two attached hydrogens (primary N) is 1. The van der Waals surface area contributed by atoms with Gasteiger partial charge in [0.05, 0.1) is 23.1 Å². The van der Waals surface area contributed by atoms with E-state index in [-0.39, 0.29) is 24.9 Å². The van der Waals surface area contributed by atoms with Crippen molar-refractivity contribution in [2.24, 2.45) is 10.8 Å². The summed E-state index contributed by atoms with van der Waals surface area (Å²) in [4.78, 5) is 28.1. The van der Waals surface area contributed by atoms with Crippen LogP contribution < -0.4 is 5.73 Å². The minimum Gasteiger partial charge on any atom is -0.438 e. The second-order valence-corrected chi connectivity index (χ2v) is 10.7. The van der Waals surface area contributed by atoms with Crippen molar-refractivity contribution in [1.29, 1.82) is 5.26 Å². The second-order valence-electron chi connectivity index (χ2n) is 10.7. The lowest BCUT2D eigenvalue weighted by Crippen LogP contribution is -2.43. The van der Waals surface area contributed by atoms with Gasteiger partial charge in [-0.15, -0.1) is 0 Å². The molecule has 1 fully saturated rings. The van der Waals surface area contributed by atoms with Gasteiger partial charge in [0, 0.05) is 0 Å². The summed E-state index contributed by atoms with van der Waals surface area (Å²) < 4.78 is 28.9. The molecular weight excluding hydrogens is 486 g/mol. The highest BCUT2D eigenvalue weighted by Crippen LogP contribution is 2.41. The van der Waals surface area contributed by atoms with Gasteiger partial charge in [-0.3, -0.25) is 9.59 Å². The monoisotopic (exact) mass is 519 g/mol. The van der Waals surface area contributed by atoms with E-state index in [1.807, 2.05) is 6.07 Å². The number of ether oxygens (including phenoxy) is 5. The van der Waals surface area contributed by atoms with Gasteiger partial charge in [-0.25, -0.2) is 9.50 Å². The van der Waals surface area contributed by atoms with Crippen molar-refractivity contribution >= 4 is 23.3 Å². The molecule has 0 aliphatic carbocycles. The number of aliphatic hydroxyl groups is 1. The molecule has 0 radical (unpaired) electrons. The fourth-order valence-electron chi connectivity index (χ4n) is 3.59. The smallest absolute Gasteiger partial charge is 0.313 e. The van der Waals surface area contributed by atoms with Gasteiger partial charge in [-0.05, 0) is 53.7 Å². The molecule has 0 unspecified atom stereocenters. The number of hydrogen-bond donors (Lipinski definition) is 2. The number of aliphatic hydroxyl groups excluding tert-OH is 1. The minimum absolute atomic E-state index is 0.171. The predicted octanol–water partition coefficient (Wildman–Crippen LogP) is 1.29. The number of anilines is 1. The van der Waals surface area contributed by atoms with Gasteiger partial charge in [0.2, 0.25) is 5.60 Å². The summed E-state index contributed by atoms with van der Waals surface area (Å²) in [6.07, 6.45) is -2.51. The molecule has 0 spiro atoms. The maximum atomic E-state index is 12.2. The standard InChI is InChI=1S/C24H33N5O8/c1-22(2,3)20(31)35-12-33-9-15-17(34-13-36-21(32)23(4,5)6)18(30)24(10-25,37-15)16-8-7-14-19(26)27-11-28-29(14)16/h7-8,11,15,17-18,30H,9,12-13H2,1-6H3,(H2,26,27,28)/t15-,17-,18-,24+/m1/s1. The van der Waals surface area contributed by atoms with Crippen molar-refractivity contribution in [3.05, 3.63) is 24.2 Å². The highest BCUT2D eigenvalue weighted by atomic mass is 16.7. The van der Waals surface area contributed by atoms with E-state index in [1.165, 1.54) is 16.9 Å². The largest absolute Gasteiger partial charge is 0.438 e. The molecule has 13 nitrogen and oxygen atoms in total. The Labute approximate surface area is 214 Å². The van der Waals surface area contributed by atoms with E-state index in [9.17, 15) is 20.0 Å². The first-order valence-corrected chi connectivity index (χ1v) is 11.6. The SMILES string of the molecule is CC(C)(C)C(=O)OCOC[C@H]1O[C@@](C#N)(c2ccc3c(N)ncnn23)[C@H](O)[C@@H]1OCOC(=O)C(C)(C)C. The molecule has 3 rings (SSSR count). The van der Waals surface area contributed by atoms with E-state index in [4.69, 9.17) is 29.4 Å². The van der Waals surface area contributed by atoms with Crippen LogP contribution in [0.3, 0.4) is 0 Å². The van der Waals surface area contributed by atoms with Crippen LogP contribution in [-0.4, -0.2) is 70.1 Å². The highest BCUT2D eigenvalue weighted by Gasteiger charge is 2.58. The van der Waals surface area contributed by atoms with E-state index in [1.54, 1.807) is 47.6 Å². The van der Waals surface area contributed by atoms with Crippen molar-refractivity contribution in [2.45, 2.75) is 65.5 Å². The Balaban J connectivity index is 1.83. The Morgan fingerprint density at radius 1 is 1.16 bits per heavy atom. The number of carbonyl (C=O) groups is 2. The van der Waals surface area contributed by atoms with Crippen LogP contribution in [0.5, 0.6) is 0 Å². The first-order valence-electron chi connectivity index (χ1n) is 11.6. The minimum atomic E-state index is -1.94. The van der Waals surface area contributed by atoms with Gasteiger partial charge in [0.1, 0.15) is 36.2 Å². The number of rotatable bonds is 8. The number of nitriles is 1. The quantitative estimate of drug-likeness (QED) is 0.290. The molecular formula is C24H33N5O8. The number of nitrogen functional groups attached to an aromatic ring is 1. The number of carbonyl (C=O) groups excluding carboxylic acids is 2. The zero-order chi connectivity index (χ0) is 27.6. The van der Waals surface area contributed by atoms with Crippen LogP contribution in [0, 0.1) is 22.2 Å². The Morgan fingerprint density at radius 3 is 2.38 bits per heavy atom. The van der Waals surface area contributed by atoms with Gasteiger partial charge in [0.25, 0.3) is 0 Å². The Kier molecular flexibility index (Phi) is 8.09. The van der Waals surface area contributed by atoms with Crippen LogP contribution in [0.2, 0.25) is 0 Å². The molecule has 1 saturated heterocycles. The number of aromatic nitrogens is 3. The number of nitrogens with zero attached hydrogens (tertiary/aromatic N) is 4. The molecule has 0 aromatic carbocycles. The average molecular weight is 520 g/mol. The van der Waals surface area contributed by atoms with Crippen LogP contribution in [0.15, 0.2) is 18.5 Å². The summed E-state index contributed by atoms with van der Waals surface area (Å²) in [7, 11) is 0. The van der Waals surface area contributed by atoms with Crippen LogP contribution in [0.25, 0.3) is 5.52 Å². The number of esters is 2. The fraction of sp³-hybridized carbons (Fsp3) is 0.625. The molecule has 1 aliphatic rings. The van der Waals surface area contributed by atoms with Gasteiger partial charge in [-0.2, -0.15) is 10.4 Å². The van der Waals surface area contributed by atoms with Crippen molar-refractivity contribution < 1.29 is 38.4 Å². The molecule has 1 aliphatic heterocycles. The average Bonchev–Trinajstić information content (AvgIpc) is 3.36. The van der Waals surface area contributed by atoms with Crippen LogP contribution >= 0.6 is 0 Å². The molecule has 0 bridgehead atoms. The number of hydrogen-bond acceptors (Lipinski definition) is 12. The van der Waals surface area contributed by atoms with Crippen molar-refractivity contribution in [1.82, 2.24) is 14.6 Å².